The third-order valence-corrected chi connectivity index (χ3v) is 5.67. The Morgan fingerprint density at radius 1 is 0.971 bits per heavy atom. The number of aliphatic carboxylic acids is 1. The molecule has 3 N–H and O–H groups in total. The zero-order chi connectivity index (χ0) is 24.5. The topological polar surface area (TPSA) is 114 Å². The normalized spacial score (nSPS) is 13.1. The molecule has 0 saturated heterocycles. The zero-order valence-corrected chi connectivity index (χ0v) is 19.6. The lowest BCUT2D eigenvalue weighted by Gasteiger charge is -2.21. The van der Waals surface area contributed by atoms with Gasteiger partial charge in [0.25, 0.3) is 0 Å². The van der Waals surface area contributed by atoms with Gasteiger partial charge in [-0.2, -0.15) is 0 Å². The minimum Gasteiger partial charge on any atom is -0.481 e. The van der Waals surface area contributed by atoms with E-state index in [2.05, 4.69) is 34.9 Å². The fraction of sp³-hybridized carbons (Fsp3) is 0.423. The van der Waals surface area contributed by atoms with E-state index < -0.39 is 18.1 Å². The van der Waals surface area contributed by atoms with Crippen molar-refractivity contribution in [1.82, 2.24) is 10.6 Å². The number of carboxylic acid groups (broad SMARTS) is 1. The minimum atomic E-state index is -0.937. The van der Waals surface area contributed by atoms with Gasteiger partial charge in [-0.25, -0.2) is 4.79 Å². The van der Waals surface area contributed by atoms with Gasteiger partial charge in [0.05, 0.1) is 19.6 Å². The number of carboxylic acids is 1. The summed E-state index contributed by atoms with van der Waals surface area (Å²) in [4.78, 5) is 35.7. The van der Waals surface area contributed by atoms with Gasteiger partial charge in [0.15, 0.2) is 0 Å². The lowest BCUT2D eigenvalue weighted by atomic mass is 9.98. The molecule has 0 aromatic heterocycles. The maximum absolute atomic E-state index is 12.6. The molecule has 34 heavy (non-hydrogen) atoms. The molecule has 2 aromatic carbocycles. The SMILES string of the molecule is CC(C)CC(NC(=O)OCC1c2ccccc2-c2ccccc21)C(=O)NCCOCCC(=O)O. The van der Waals surface area contributed by atoms with Crippen LogP contribution in [0.5, 0.6) is 0 Å². The van der Waals surface area contributed by atoms with Gasteiger partial charge in [-0.1, -0.05) is 62.4 Å². The smallest absolute Gasteiger partial charge is 0.407 e. The van der Waals surface area contributed by atoms with Gasteiger partial charge in [0.1, 0.15) is 12.6 Å². The van der Waals surface area contributed by atoms with Gasteiger partial charge in [-0.15, -0.1) is 0 Å². The first-order valence-electron chi connectivity index (χ1n) is 11.6. The van der Waals surface area contributed by atoms with Crippen LogP contribution in [0, 0.1) is 5.92 Å². The van der Waals surface area contributed by atoms with E-state index in [0.717, 1.165) is 22.3 Å². The summed E-state index contributed by atoms with van der Waals surface area (Å²) in [6.07, 6.45) is -0.274. The highest BCUT2D eigenvalue weighted by molar-refractivity contribution is 5.85. The van der Waals surface area contributed by atoms with Gasteiger partial charge in [-0.3, -0.25) is 9.59 Å². The first-order chi connectivity index (χ1) is 16.4. The number of hydrogen-bond donors (Lipinski definition) is 3. The fourth-order valence-electron chi connectivity index (χ4n) is 4.12. The molecular weight excluding hydrogens is 436 g/mol. The number of hydrogen-bond acceptors (Lipinski definition) is 5. The van der Waals surface area contributed by atoms with E-state index in [4.69, 9.17) is 14.6 Å². The van der Waals surface area contributed by atoms with Crippen LogP contribution in [0.25, 0.3) is 11.1 Å². The summed E-state index contributed by atoms with van der Waals surface area (Å²) in [7, 11) is 0. The Morgan fingerprint density at radius 2 is 1.59 bits per heavy atom. The lowest BCUT2D eigenvalue weighted by molar-refractivity contribution is -0.138. The van der Waals surface area contributed by atoms with Gasteiger partial charge >= 0.3 is 12.1 Å². The summed E-state index contributed by atoms with van der Waals surface area (Å²) < 4.78 is 10.8. The highest BCUT2D eigenvalue weighted by Gasteiger charge is 2.30. The molecule has 2 aromatic rings. The molecule has 1 aliphatic rings. The molecule has 0 heterocycles. The van der Waals surface area contributed by atoms with E-state index in [1.165, 1.54) is 0 Å². The molecule has 0 fully saturated rings. The van der Waals surface area contributed by atoms with Crippen LogP contribution in [-0.2, 0) is 19.1 Å². The van der Waals surface area contributed by atoms with E-state index in [0.29, 0.717) is 6.42 Å². The second-order valence-corrected chi connectivity index (χ2v) is 8.70. The standard InChI is InChI=1S/C26H32N2O6/c1-17(2)15-23(25(31)27-12-14-33-13-11-24(29)30)28-26(32)34-16-22-20-9-5-3-7-18(20)19-8-4-6-10-21(19)22/h3-10,17,22-23H,11-16H2,1-2H3,(H,27,31)(H,28,32)(H,29,30). The summed E-state index contributed by atoms with van der Waals surface area (Å²) in [5, 5.41) is 14.0. The van der Waals surface area contributed by atoms with Gasteiger partial charge < -0.3 is 25.2 Å². The van der Waals surface area contributed by atoms with E-state index >= 15 is 0 Å². The lowest BCUT2D eigenvalue weighted by Crippen LogP contribution is -2.48. The number of amides is 2. The number of fused-ring (bicyclic) bond motifs is 3. The first kappa shape index (κ1) is 25.2. The van der Waals surface area contributed by atoms with Crippen molar-refractivity contribution in [1.29, 1.82) is 0 Å². The molecule has 2 amide bonds. The average Bonchev–Trinajstić information content (AvgIpc) is 3.12. The van der Waals surface area contributed by atoms with Gasteiger partial charge in [0, 0.05) is 12.5 Å². The van der Waals surface area contributed by atoms with E-state index in [1.54, 1.807) is 0 Å². The van der Waals surface area contributed by atoms with Gasteiger partial charge in [0.2, 0.25) is 5.91 Å². The largest absolute Gasteiger partial charge is 0.481 e. The quantitative estimate of drug-likeness (QED) is 0.411. The molecule has 1 aliphatic carbocycles. The average molecular weight is 469 g/mol. The van der Waals surface area contributed by atoms with Crippen molar-refractivity contribution in [3.8, 4) is 11.1 Å². The highest BCUT2D eigenvalue weighted by atomic mass is 16.5. The third kappa shape index (κ3) is 6.81. The predicted octanol–water partition coefficient (Wildman–Crippen LogP) is 3.55. The first-order valence-corrected chi connectivity index (χ1v) is 11.6. The van der Waals surface area contributed by atoms with Crippen LogP contribution < -0.4 is 10.6 Å². The summed E-state index contributed by atoms with van der Waals surface area (Å²) >= 11 is 0. The second-order valence-electron chi connectivity index (χ2n) is 8.70. The van der Waals surface area contributed by atoms with Crippen molar-refractivity contribution in [3.05, 3.63) is 59.7 Å². The number of rotatable bonds is 12. The number of benzene rings is 2. The molecule has 0 spiro atoms. The molecule has 8 nitrogen and oxygen atoms in total. The molecule has 0 bridgehead atoms. The highest BCUT2D eigenvalue weighted by Crippen LogP contribution is 2.44. The van der Waals surface area contributed by atoms with Gasteiger partial charge in [-0.05, 0) is 34.6 Å². The Labute approximate surface area is 199 Å². The minimum absolute atomic E-state index is 0.0570. The van der Waals surface area contributed by atoms with Crippen molar-refractivity contribution in [3.63, 3.8) is 0 Å². The number of nitrogens with one attached hydrogen (secondary N) is 2. The molecule has 8 heteroatoms. The molecule has 1 atom stereocenters. The number of carbonyl (C=O) groups excluding carboxylic acids is 2. The van der Waals surface area contributed by atoms with Crippen molar-refractivity contribution >= 4 is 18.0 Å². The molecular formula is C26H32N2O6. The Balaban J connectivity index is 1.53. The summed E-state index contributed by atoms with van der Waals surface area (Å²) in [6.45, 7) is 4.60. The van der Waals surface area contributed by atoms with Crippen LogP contribution in [0.2, 0.25) is 0 Å². The molecule has 182 valence electrons. The Kier molecular flexibility index (Phi) is 9.04. The maximum atomic E-state index is 12.6. The van der Waals surface area contributed by atoms with Crippen LogP contribution in [-0.4, -0.2) is 55.5 Å². The molecule has 0 saturated carbocycles. The van der Waals surface area contributed by atoms with Crippen LogP contribution in [0.1, 0.15) is 43.7 Å². The second kappa shape index (κ2) is 12.2. The number of alkyl carbamates (subject to hydrolysis) is 1. The Bertz CT molecular complexity index is 961. The monoisotopic (exact) mass is 468 g/mol. The zero-order valence-electron chi connectivity index (χ0n) is 19.6. The van der Waals surface area contributed by atoms with Crippen molar-refractivity contribution in [2.24, 2.45) is 5.92 Å². The van der Waals surface area contributed by atoms with E-state index in [-0.39, 0.29) is 50.5 Å². The van der Waals surface area contributed by atoms with Crippen LogP contribution in [0.15, 0.2) is 48.5 Å². The number of ether oxygens (including phenoxy) is 2. The van der Waals surface area contributed by atoms with Crippen LogP contribution >= 0.6 is 0 Å². The molecule has 3 rings (SSSR count). The predicted molar refractivity (Wildman–Crippen MR) is 128 cm³/mol. The molecule has 0 radical (unpaired) electrons. The van der Waals surface area contributed by atoms with Crippen LogP contribution in [0.4, 0.5) is 4.79 Å². The maximum Gasteiger partial charge on any atom is 0.407 e. The Morgan fingerprint density at radius 3 is 2.18 bits per heavy atom. The fourth-order valence-corrected chi connectivity index (χ4v) is 4.12. The summed E-state index contributed by atoms with van der Waals surface area (Å²) in [6, 6.07) is 15.5. The third-order valence-electron chi connectivity index (χ3n) is 5.67. The van der Waals surface area contributed by atoms with Crippen LogP contribution in [0.3, 0.4) is 0 Å². The molecule has 0 aliphatic heterocycles. The Hall–Kier alpha value is -3.39. The number of carbonyl (C=O) groups is 3. The van der Waals surface area contributed by atoms with Crippen molar-refractivity contribution in [2.75, 3.05) is 26.4 Å². The van der Waals surface area contributed by atoms with Crippen molar-refractivity contribution in [2.45, 2.75) is 38.6 Å². The van der Waals surface area contributed by atoms with Crippen molar-refractivity contribution < 1.29 is 29.0 Å². The summed E-state index contributed by atoms with van der Waals surface area (Å²) in [5.41, 5.74) is 4.54. The van der Waals surface area contributed by atoms with E-state index in [9.17, 15) is 14.4 Å². The molecule has 1 unspecified atom stereocenters. The summed E-state index contributed by atoms with van der Waals surface area (Å²) in [5.74, 6) is -1.15. The van der Waals surface area contributed by atoms with E-state index in [1.807, 2.05) is 38.1 Å².